The van der Waals surface area contributed by atoms with Crippen LogP contribution in [0.2, 0.25) is 0 Å². The lowest BCUT2D eigenvalue weighted by molar-refractivity contribution is 0.0697. The Morgan fingerprint density at radius 3 is 2.40 bits per heavy atom. The van der Waals surface area contributed by atoms with Gasteiger partial charge >= 0.3 is 5.97 Å². The van der Waals surface area contributed by atoms with Gasteiger partial charge in [0.1, 0.15) is 11.6 Å². The first-order chi connectivity index (χ1) is 9.47. The molecule has 0 amide bonds. The predicted octanol–water partition coefficient (Wildman–Crippen LogP) is 3.84. The maximum absolute atomic E-state index is 13.6. The summed E-state index contributed by atoms with van der Waals surface area (Å²) in [6.07, 6.45) is 0. The minimum absolute atomic E-state index is 0.167. The Morgan fingerprint density at radius 1 is 1.15 bits per heavy atom. The zero-order valence-corrected chi connectivity index (χ0v) is 10.7. The molecule has 0 spiro atoms. The molecule has 0 bridgehead atoms. The van der Waals surface area contributed by atoms with Gasteiger partial charge in [0, 0.05) is 11.3 Å². The Morgan fingerprint density at radius 2 is 1.80 bits per heavy atom. The summed E-state index contributed by atoms with van der Waals surface area (Å²) >= 11 is 0. The topological polar surface area (TPSA) is 49.3 Å². The molecular formula is C15H13F2NO2. The molecule has 3 nitrogen and oxygen atoms in total. The number of carbonyl (C=O) groups is 1. The number of hydrogen-bond acceptors (Lipinski definition) is 2. The molecule has 104 valence electrons. The van der Waals surface area contributed by atoms with Crippen molar-refractivity contribution in [1.29, 1.82) is 0 Å². The van der Waals surface area contributed by atoms with Crippen LogP contribution in [0.1, 0.15) is 28.9 Å². The third kappa shape index (κ3) is 3.12. The summed E-state index contributed by atoms with van der Waals surface area (Å²) in [5.41, 5.74) is 1.01. The second kappa shape index (κ2) is 5.69. The fourth-order valence-electron chi connectivity index (χ4n) is 1.88. The van der Waals surface area contributed by atoms with E-state index in [1.165, 1.54) is 12.1 Å². The van der Waals surface area contributed by atoms with E-state index in [-0.39, 0.29) is 11.1 Å². The molecule has 1 atom stereocenters. The van der Waals surface area contributed by atoms with E-state index in [1.807, 2.05) is 0 Å². The normalized spacial score (nSPS) is 11.9. The van der Waals surface area contributed by atoms with Gasteiger partial charge in [-0.05, 0) is 49.4 Å². The van der Waals surface area contributed by atoms with E-state index in [2.05, 4.69) is 5.32 Å². The number of carboxylic acids is 1. The van der Waals surface area contributed by atoms with E-state index in [4.69, 9.17) is 5.11 Å². The number of hydrogen-bond donors (Lipinski definition) is 2. The van der Waals surface area contributed by atoms with Crippen LogP contribution in [0.5, 0.6) is 0 Å². The number of benzene rings is 2. The van der Waals surface area contributed by atoms with Crippen LogP contribution in [0.4, 0.5) is 14.5 Å². The average Bonchev–Trinajstić information content (AvgIpc) is 2.42. The first-order valence-electron chi connectivity index (χ1n) is 6.02. The zero-order chi connectivity index (χ0) is 14.7. The van der Waals surface area contributed by atoms with Crippen LogP contribution in [0, 0.1) is 11.6 Å². The van der Waals surface area contributed by atoms with Crippen LogP contribution in [-0.4, -0.2) is 11.1 Å². The van der Waals surface area contributed by atoms with Crippen molar-refractivity contribution < 1.29 is 18.7 Å². The third-order valence-electron chi connectivity index (χ3n) is 2.94. The van der Waals surface area contributed by atoms with Crippen LogP contribution in [0.3, 0.4) is 0 Å². The first-order valence-corrected chi connectivity index (χ1v) is 6.02. The monoisotopic (exact) mass is 277 g/mol. The van der Waals surface area contributed by atoms with Gasteiger partial charge in [0.25, 0.3) is 0 Å². The van der Waals surface area contributed by atoms with Gasteiger partial charge in [-0.3, -0.25) is 0 Å². The highest BCUT2D eigenvalue weighted by atomic mass is 19.1. The molecule has 2 aromatic rings. The van der Waals surface area contributed by atoms with E-state index in [1.54, 1.807) is 19.1 Å². The van der Waals surface area contributed by atoms with Crippen LogP contribution >= 0.6 is 0 Å². The standard InChI is InChI=1S/C15H13F2NO2/c1-9(13-8-11(16)4-7-14(13)17)18-12-5-2-10(3-6-12)15(19)20/h2-9,18H,1H3,(H,19,20). The molecule has 2 N–H and O–H groups in total. The molecule has 2 aromatic carbocycles. The number of carboxylic acid groups (broad SMARTS) is 1. The highest BCUT2D eigenvalue weighted by Gasteiger charge is 2.12. The quantitative estimate of drug-likeness (QED) is 0.892. The molecule has 0 aliphatic heterocycles. The fourth-order valence-corrected chi connectivity index (χ4v) is 1.88. The average molecular weight is 277 g/mol. The van der Waals surface area contributed by atoms with Gasteiger partial charge < -0.3 is 10.4 Å². The summed E-state index contributed by atoms with van der Waals surface area (Å²) in [4.78, 5) is 10.7. The molecule has 0 aliphatic carbocycles. The van der Waals surface area contributed by atoms with E-state index < -0.39 is 23.6 Å². The summed E-state index contributed by atoms with van der Waals surface area (Å²) in [5, 5.41) is 11.8. The van der Waals surface area contributed by atoms with Gasteiger partial charge in [-0.25, -0.2) is 13.6 Å². The van der Waals surface area contributed by atoms with Crippen molar-refractivity contribution >= 4 is 11.7 Å². The lowest BCUT2D eigenvalue weighted by Gasteiger charge is -2.16. The molecule has 5 heteroatoms. The number of anilines is 1. The van der Waals surface area contributed by atoms with Crippen LogP contribution in [0.25, 0.3) is 0 Å². The maximum atomic E-state index is 13.6. The fraction of sp³-hybridized carbons (Fsp3) is 0.133. The Labute approximate surface area is 114 Å². The number of nitrogens with one attached hydrogen (secondary N) is 1. The van der Waals surface area contributed by atoms with Gasteiger partial charge in [-0.2, -0.15) is 0 Å². The molecule has 0 fully saturated rings. The second-order valence-electron chi connectivity index (χ2n) is 4.41. The molecule has 0 aromatic heterocycles. The lowest BCUT2D eigenvalue weighted by atomic mass is 10.1. The van der Waals surface area contributed by atoms with Gasteiger partial charge in [-0.15, -0.1) is 0 Å². The van der Waals surface area contributed by atoms with Gasteiger partial charge in [0.05, 0.1) is 11.6 Å². The van der Waals surface area contributed by atoms with E-state index in [0.717, 1.165) is 18.2 Å². The Kier molecular flexibility index (Phi) is 3.98. The maximum Gasteiger partial charge on any atom is 0.335 e. The SMILES string of the molecule is CC(Nc1ccc(C(=O)O)cc1)c1cc(F)ccc1F. The van der Waals surface area contributed by atoms with E-state index in [9.17, 15) is 13.6 Å². The van der Waals surface area contributed by atoms with Gasteiger partial charge in [0.2, 0.25) is 0 Å². The minimum atomic E-state index is -1.01. The van der Waals surface area contributed by atoms with Crippen molar-refractivity contribution in [2.45, 2.75) is 13.0 Å². The number of halogens is 2. The highest BCUT2D eigenvalue weighted by Crippen LogP contribution is 2.22. The highest BCUT2D eigenvalue weighted by molar-refractivity contribution is 5.88. The molecule has 0 aliphatic rings. The van der Waals surface area contributed by atoms with Crippen LogP contribution in [-0.2, 0) is 0 Å². The Bertz CT molecular complexity index is 626. The van der Waals surface area contributed by atoms with Crippen LogP contribution in [0.15, 0.2) is 42.5 Å². The summed E-state index contributed by atoms with van der Waals surface area (Å²) in [7, 11) is 0. The number of aromatic carboxylic acids is 1. The van der Waals surface area contributed by atoms with Crippen molar-refractivity contribution in [2.24, 2.45) is 0 Å². The zero-order valence-electron chi connectivity index (χ0n) is 10.7. The summed E-state index contributed by atoms with van der Waals surface area (Å²) < 4.78 is 26.7. The lowest BCUT2D eigenvalue weighted by Crippen LogP contribution is -2.09. The smallest absolute Gasteiger partial charge is 0.335 e. The van der Waals surface area contributed by atoms with Crippen molar-refractivity contribution in [3.8, 4) is 0 Å². The summed E-state index contributed by atoms with van der Waals surface area (Å²) in [6, 6.07) is 8.89. The largest absolute Gasteiger partial charge is 0.478 e. The van der Waals surface area contributed by atoms with Crippen molar-refractivity contribution in [2.75, 3.05) is 5.32 Å². The Hall–Kier alpha value is -2.43. The predicted molar refractivity (Wildman–Crippen MR) is 71.8 cm³/mol. The van der Waals surface area contributed by atoms with Crippen LogP contribution < -0.4 is 5.32 Å². The first kappa shape index (κ1) is 14.0. The molecule has 20 heavy (non-hydrogen) atoms. The second-order valence-corrected chi connectivity index (χ2v) is 4.41. The molecule has 0 heterocycles. The molecule has 0 saturated carbocycles. The molecule has 0 radical (unpaired) electrons. The van der Waals surface area contributed by atoms with Gasteiger partial charge in [0.15, 0.2) is 0 Å². The summed E-state index contributed by atoms with van der Waals surface area (Å²) in [6.45, 7) is 1.70. The van der Waals surface area contributed by atoms with E-state index >= 15 is 0 Å². The molecule has 1 unspecified atom stereocenters. The third-order valence-corrected chi connectivity index (χ3v) is 2.94. The Balaban J connectivity index is 2.16. The van der Waals surface area contributed by atoms with Crippen molar-refractivity contribution in [3.05, 3.63) is 65.2 Å². The minimum Gasteiger partial charge on any atom is -0.478 e. The van der Waals surface area contributed by atoms with Crippen molar-refractivity contribution in [1.82, 2.24) is 0 Å². The molecule has 0 saturated heterocycles. The molecule has 2 rings (SSSR count). The van der Waals surface area contributed by atoms with Crippen molar-refractivity contribution in [3.63, 3.8) is 0 Å². The molecular weight excluding hydrogens is 264 g/mol. The summed E-state index contributed by atoms with van der Waals surface area (Å²) in [5.74, 6) is -2.01. The number of rotatable bonds is 4. The van der Waals surface area contributed by atoms with Gasteiger partial charge in [-0.1, -0.05) is 0 Å². The van der Waals surface area contributed by atoms with E-state index in [0.29, 0.717) is 5.69 Å².